The van der Waals surface area contributed by atoms with Crippen LogP contribution < -0.4 is 5.32 Å². The number of fused-ring (bicyclic) bond motifs is 3. The number of aliphatic hydroxyl groups excluding tert-OH is 1. The van der Waals surface area contributed by atoms with Crippen molar-refractivity contribution in [2.75, 3.05) is 13.2 Å². The Balaban J connectivity index is 1.34. The Morgan fingerprint density at radius 3 is 2.21 bits per heavy atom. The van der Waals surface area contributed by atoms with Gasteiger partial charge in [-0.1, -0.05) is 76.2 Å². The van der Waals surface area contributed by atoms with Gasteiger partial charge in [-0.15, -0.1) is 0 Å². The summed E-state index contributed by atoms with van der Waals surface area (Å²) in [6, 6.07) is 16.1. The molecule has 0 fully saturated rings. The summed E-state index contributed by atoms with van der Waals surface area (Å²) in [7, 11) is 0. The van der Waals surface area contributed by atoms with Crippen LogP contribution in [0.1, 0.15) is 90.2 Å². The molecule has 8 nitrogen and oxygen atoms in total. The molecule has 2 aliphatic carbocycles. The molecule has 0 spiro atoms. The predicted molar refractivity (Wildman–Crippen MR) is 168 cm³/mol. The fourth-order valence-corrected chi connectivity index (χ4v) is 6.14. The van der Waals surface area contributed by atoms with E-state index in [1.54, 1.807) is 0 Å². The van der Waals surface area contributed by atoms with E-state index >= 15 is 0 Å². The highest BCUT2D eigenvalue weighted by atomic mass is 16.5. The van der Waals surface area contributed by atoms with Gasteiger partial charge in [0.25, 0.3) is 0 Å². The standard InChI is InChI=1S/C35H44N2O6/c1-22(2)18-28(31-29(38)19-34(3,4)20-30(31)39)36-17-11-10-16-35(5,32(40)41)37-33(42)43-21-27-25-14-8-6-12-23(25)24-13-7-9-15-26(24)27/h6-9,12-15,22,27,38H,10-11,16-21H2,1-5H3,(H,37,42)(H,40,41)/t35-/m0/s1. The zero-order valence-corrected chi connectivity index (χ0v) is 25.9. The van der Waals surface area contributed by atoms with Crippen molar-refractivity contribution >= 4 is 23.6 Å². The van der Waals surface area contributed by atoms with Gasteiger partial charge in [-0.25, -0.2) is 9.59 Å². The number of ketones is 1. The number of carbonyl (C=O) groups excluding carboxylic acids is 2. The van der Waals surface area contributed by atoms with Gasteiger partial charge in [-0.2, -0.15) is 0 Å². The zero-order chi connectivity index (χ0) is 31.4. The lowest BCUT2D eigenvalue weighted by Crippen LogP contribution is -2.52. The van der Waals surface area contributed by atoms with Crippen molar-refractivity contribution in [3.63, 3.8) is 0 Å². The van der Waals surface area contributed by atoms with Crippen molar-refractivity contribution in [3.05, 3.63) is 71.0 Å². The van der Waals surface area contributed by atoms with Crippen molar-refractivity contribution in [2.24, 2.45) is 16.3 Å². The molecule has 0 heterocycles. The maximum absolute atomic E-state index is 12.9. The van der Waals surface area contributed by atoms with Crippen LogP contribution >= 0.6 is 0 Å². The van der Waals surface area contributed by atoms with Crippen LogP contribution in [0, 0.1) is 11.3 Å². The Hall–Kier alpha value is -3.94. The molecule has 2 aromatic carbocycles. The lowest BCUT2D eigenvalue weighted by molar-refractivity contribution is -0.144. The van der Waals surface area contributed by atoms with E-state index < -0.39 is 17.6 Å². The summed E-state index contributed by atoms with van der Waals surface area (Å²) in [4.78, 5) is 42.6. The molecular formula is C35H44N2O6. The first kappa shape index (κ1) is 32.0. The largest absolute Gasteiger partial charge is 0.511 e. The highest BCUT2D eigenvalue weighted by molar-refractivity contribution is 6.23. The second-order valence-corrected chi connectivity index (χ2v) is 13.2. The Morgan fingerprint density at radius 2 is 1.65 bits per heavy atom. The first-order valence-corrected chi connectivity index (χ1v) is 15.2. The summed E-state index contributed by atoms with van der Waals surface area (Å²) in [5.74, 6) is -0.997. The summed E-state index contributed by atoms with van der Waals surface area (Å²) in [6.07, 6.45) is 1.82. The van der Waals surface area contributed by atoms with E-state index in [1.165, 1.54) is 6.92 Å². The number of ether oxygens (including phenoxy) is 1. The maximum atomic E-state index is 12.9. The number of amides is 1. The van der Waals surface area contributed by atoms with Crippen LogP contribution in [-0.2, 0) is 14.3 Å². The van der Waals surface area contributed by atoms with Crippen molar-refractivity contribution in [1.82, 2.24) is 5.32 Å². The molecular weight excluding hydrogens is 544 g/mol. The van der Waals surface area contributed by atoms with Gasteiger partial charge >= 0.3 is 12.1 Å². The van der Waals surface area contributed by atoms with E-state index in [0.29, 0.717) is 49.9 Å². The first-order valence-electron chi connectivity index (χ1n) is 15.2. The van der Waals surface area contributed by atoms with E-state index in [9.17, 15) is 24.6 Å². The maximum Gasteiger partial charge on any atom is 0.408 e. The fraction of sp³-hybridized carbons (Fsp3) is 0.486. The Labute approximate surface area is 254 Å². The number of rotatable bonds is 12. The minimum atomic E-state index is -1.52. The molecule has 1 atom stereocenters. The Morgan fingerprint density at radius 1 is 1.05 bits per heavy atom. The van der Waals surface area contributed by atoms with Crippen LogP contribution in [0.5, 0.6) is 0 Å². The monoisotopic (exact) mass is 588 g/mol. The van der Waals surface area contributed by atoms with Gasteiger partial charge in [0.05, 0.1) is 5.57 Å². The molecule has 0 saturated carbocycles. The number of benzene rings is 2. The highest BCUT2D eigenvalue weighted by Gasteiger charge is 2.37. The van der Waals surface area contributed by atoms with Crippen LogP contribution in [0.25, 0.3) is 11.1 Å². The van der Waals surface area contributed by atoms with Crippen molar-refractivity contribution in [1.29, 1.82) is 0 Å². The molecule has 3 N–H and O–H groups in total. The number of unbranched alkanes of at least 4 members (excludes halogenated alkanes) is 1. The van der Waals surface area contributed by atoms with E-state index in [-0.39, 0.29) is 41.8 Å². The minimum Gasteiger partial charge on any atom is -0.511 e. The number of Topliss-reactive ketones (excluding diaryl/α,β-unsaturated/α-hetero) is 1. The summed E-state index contributed by atoms with van der Waals surface area (Å²) < 4.78 is 5.59. The Kier molecular flexibility index (Phi) is 9.78. The highest BCUT2D eigenvalue weighted by Crippen LogP contribution is 2.44. The molecule has 1 amide bonds. The van der Waals surface area contributed by atoms with Crippen LogP contribution in [0.15, 0.2) is 64.9 Å². The second kappa shape index (κ2) is 13.1. The fourth-order valence-electron chi connectivity index (χ4n) is 6.14. The molecule has 230 valence electrons. The van der Waals surface area contributed by atoms with E-state index in [4.69, 9.17) is 9.73 Å². The predicted octanol–water partition coefficient (Wildman–Crippen LogP) is 7.23. The number of alkyl carbamates (subject to hydrolysis) is 1. The molecule has 2 aliphatic rings. The first-order chi connectivity index (χ1) is 20.3. The number of carboxylic acid groups (broad SMARTS) is 1. The molecule has 0 unspecified atom stereocenters. The third-order valence-corrected chi connectivity index (χ3v) is 8.32. The van der Waals surface area contributed by atoms with Crippen molar-refractivity contribution < 1.29 is 29.3 Å². The molecule has 0 bridgehead atoms. The molecule has 0 aromatic heterocycles. The van der Waals surface area contributed by atoms with Gasteiger partial charge in [-0.05, 0) is 66.2 Å². The number of aliphatic hydroxyl groups is 1. The molecule has 8 heteroatoms. The average molecular weight is 589 g/mol. The molecule has 43 heavy (non-hydrogen) atoms. The van der Waals surface area contributed by atoms with Crippen molar-refractivity contribution in [2.45, 2.75) is 84.6 Å². The third-order valence-electron chi connectivity index (χ3n) is 8.32. The molecule has 2 aromatic rings. The quantitative estimate of drug-likeness (QED) is 0.177. The van der Waals surface area contributed by atoms with Crippen LogP contribution in [0.3, 0.4) is 0 Å². The molecule has 4 rings (SSSR count). The zero-order valence-electron chi connectivity index (χ0n) is 25.9. The number of nitrogens with zero attached hydrogens (tertiary/aromatic N) is 1. The topological polar surface area (TPSA) is 125 Å². The number of carbonyl (C=O) groups is 3. The van der Waals surface area contributed by atoms with Gasteiger partial charge in [0.15, 0.2) is 5.78 Å². The van der Waals surface area contributed by atoms with Crippen LogP contribution in [0.2, 0.25) is 0 Å². The number of hydrogen-bond acceptors (Lipinski definition) is 6. The lowest BCUT2D eigenvalue weighted by Gasteiger charge is -2.30. The van der Waals surface area contributed by atoms with Crippen molar-refractivity contribution in [3.8, 4) is 11.1 Å². The van der Waals surface area contributed by atoms with Crippen LogP contribution in [0.4, 0.5) is 4.79 Å². The van der Waals surface area contributed by atoms with Crippen LogP contribution in [-0.4, -0.2) is 52.5 Å². The summed E-state index contributed by atoms with van der Waals surface area (Å²) >= 11 is 0. The Bertz CT molecular complexity index is 1390. The van der Waals surface area contributed by atoms with E-state index in [0.717, 1.165) is 22.3 Å². The van der Waals surface area contributed by atoms with Gasteiger partial charge in [0.2, 0.25) is 0 Å². The number of allylic oxidation sites excluding steroid dienone is 2. The number of aliphatic carboxylic acids is 1. The third kappa shape index (κ3) is 7.53. The molecule has 0 aliphatic heterocycles. The number of carboxylic acids is 1. The summed E-state index contributed by atoms with van der Waals surface area (Å²) in [5.41, 5.74) is 3.56. The lowest BCUT2D eigenvalue weighted by atomic mass is 9.75. The number of aliphatic imine (C=N–C) groups is 1. The van der Waals surface area contributed by atoms with E-state index in [1.807, 2.05) is 64.1 Å². The SMILES string of the molecule is CC(C)CC(=NCCCC[C@](C)(NC(=O)OCC1c2ccccc2-c2ccccc21)C(=O)O)C1=C(O)CC(C)(C)CC1=O. The second-order valence-electron chi connectivity index (χ2n) is 13.2. The number of nitrogens with one attached hydrogen (secondary N) is 1. The number of hydrogen-bond donors (Lipinski definition) is 3. The molecule has 0 saturated heterocycles. The smallest absolute Gasteiger partial charge is 0.408 e. The van der Waals surface area contributed by atoms with Gasteiger partial charge in [-0.3, -0.25) is 9.79 Å². The summed E-state index contributed by atoms with van der Waals surface area (Å²) in [6.45, 7) is 9.98. The minimum absolute atomic E-state index is 0.0844. The normalized spacial score (nSPS) is 17.8. The summed E-state index contributed by atoms with van der Waals surface area (Å²) in [5, 5.41) is 23.2. The van der Waals surface area contributed by atoms with Gasteiger partial charge in [0.1, 0.15) is 17.9 Å². The molecule has 0 radical (unpaired) electrons. The van der Waals surface area contributed by atoms with E-state index in [2.05, 4.69) is 17.4 Å². The average Bonchev–Trinajstić information content (AvgIpc) is 3.23. The van der Waals surface area contributed by atoms with Gasteiger partial charge in [0, 0.05) is 31.0 Å². The van der Waals surface area contributed by atoms with Gasteiger partial charge < -0.3 is 20.3 Å².